The van der Waals surface area contributed by atoms with Crippen LogP contribution >= 0.6 is 0 Å². The summed E-state index contributed by atoms with van der Waals surface area (Å²) in [6.45, 7) is 2.55. The highest BCUT2D eigenvalue weighted by molar-refractivity contribution is 5.64. The largest absolute Gasteiger partial charge is 0.448 e. The molecule has 0 saturated heterocycles. The fourth-order valence-corrected chi connectivity index (χ4v) is 0.666. The molecule has 12 heavy (non-hydrogen) atoms. The van der Waals surface area contributed by atoms with E-state index in [1.54, 1.807) is 0 Å². The number of nitrogens with zero attached hydrogens (tertiary/aromatic N) is 1. The van der Waals surface area contributed by atoms with Crippen LogP contribution in [-0.2, 0) is 4.74 Å². The number of hydrogen-bond donors (Lipinski definition) is 2. The molecule has 0 fully saturated rings. The van der Waals surface area contributed by atoms with Gasteiger partial charge in [0.05, 0.1) is 12.1 Å². The summed E-state index contributed by atoms with van der Waals surface area (Å²) in [7, 11) is 0. The normalized spacial score (nSPS) is 11.7. The van der Waals surface area contributed by atoms with Gasteiger partial charge in [-0.25, -0.2) is 4.79 Å². The Bertz CT molecular complexity index is 176. The van der Waals surface area contributed by atoms with Crippen LogP contribution in [0.4, 0.5) is 4.79 Å². The Kier molecular flexibility index (Phi) is 5.75. The van der Waals surface area contributed by atoms with Gasteiger partial charge in [-0.2, -0.15) is 5.26 Å². The molecule has 0 radical (unpaired) electrons. The fourth-order valence-electron chi connectivity index (χ4n) is 0.666. The van der Waals surface area contributed by atoms with Gasteiger partial charge in [0.15, 0.2) is 0 Å². The number of nitrogens with two attached hydrogens (primary N) is 1. The van der Waals surface area contributed by atoms with Crippen molar-refractivity contribution in [1.29, 1.82) is 5.26 Å². The zero-order valence-electron chi connectivity index (χ0n) is 7.04. The molecule has 0 aliphatic heterocycles. The van der Waals surface area contributed by atoms with Crippen molar-refractivity contribution in [3.63, 3.8) is 0 Å². The van der Waals surface area contributed by atoms with Crippen molar-refractivity contribution < 1.29 is 9.53 Å². The predicted octanol–water partition coefficient (Wildman–Crippen LogP) is -0.0265. The molecule has 0 spiro atoms. The highest BCUT2D eigenvalue weighted by Crippen LogP contribution is 1.86. The van der Waals surface area contributed by atoms with E-state index in [4.69, 9.17) is 11.0 Å². The molecule has 5 nitrogen and oxygen atoms in total. The molecule has 0 aromatic carbocycles. The average Bonchev–Trinajstić information content (AvgIpc) is 2.04. The molecule has 68 valence electrons. The quantitative estimate of drug-likeness (QED) is 0.569. The second-order valence-electron chi connectivity index (χ2n) is 2.21. The minimum Gasteiger partial charge on any atom is -0.448 e. The molecular weight excluding hydrogens is 158 g/mol. The first kappa shape index (κ1) is 10.7. The van der Waals surface area contributed by atoms with Gasteiger partial charge in [-0.05, 0) is 6.42 Å². The highest BCUT2D eigenvalue weighted by atomic mass is 16.5. The standard InChI is InChI=1S/C7H13N3O2/c1-2-6(5-8)10-3-4-12-7(9)11/h6,10H,2-4H2,1H3,(H2,9,11). The Hall–Kier alpha value is -1.28. The SMILES string of the molecule is CCC(C#N)NCCOC(N)=O. The van der Waals surface area contributed by atoms with E-state index < -0.39 is 6.09 Å². The Morgan fingerprint density at radius 3 is 2.92 bits per heavy atom. The van der Waals surface area contributed by atoms with Crippen LogP contribution < -0.4 is 11.1 Å². The number of amides is 1. The maximum absolute atomic E-state index is 10.1. The summed E-state index contributed by atoms with van der Waals surface area (Å²) in [6, 6.07) is 1.88. The first-order valence-corrected chi connectivity index (χ1v) is 3.76. The minimum absolute atomic E-state index is 0.179. The predicted molar refractivity (Wildman–Crippen MR) is 43.2 cm³/mol. The number of primary amides is 1. The van der Waals surface area contributed by atoms with Crippen molar-refractivity contribution in [2.24, 2.45) is 5.73 Å². The maximum atomic E-state index is 10.1. The lowest BCUT2D eigenvalue weighted by molar-refractivity contribution is 0.156. The van der Waals surface area contributed by atoms with Crippen LogP contribution in [0.25, 0.3) is 0 Å². The number of carbonyl (C=O) groups excluding carboxylic acids is 1. The van der Waals surface area contributed by atoms with Gasteiger partial charge in [-0.1, -0.05) is 6.92 Å². The van der Waals surface area contributed by atoms with Gasteiger partial charge < -0.3 is 10.5 Å². The number of hydrogen-bond acceptors (Lipinski definition) is 4. The van der Waals surface area contributed by atoms with Gasteiger partial charge in [-0.3, -0.25) is 5.32 Å². The van der Waals surface area contributed by atoms with E-state index in [0.29, 0.717) is 6.54 Å². The van der Waals surface area contributed by atoms with Crippen molar-refractivity contribution in [2.75, 3.05) is 13.2 Å². The lowest BCUT2D eigenvalue weighted by Gasteiger charge is -2.07. The van der Waals surface area contributed by atoms with Crippen LogP contribution in [0.15, 0.2) is 0 Å². The van der Waals surface area contributed by atoms with Gasteiger partial charge in [-0.15, -0.1) is 0 Å². The van der Waals surface area contributed by atoms with Gasteiger partial charge in [0.1, 0.15) is 6.61 Å². The van der Waals surface area contributed by atoms with E-state index in [2.05, 4.69) is 16.1 Å². The molecule has 0 aliphatic rings. The number of nitriles is 1. The lowest BCUT2D eigenvalue weighted by atomic mass is 10.2. The molecule has 0 rings (SSSR count). The third kappa shape index (κ3) is 5.50. The zero-order chi connectivity index (χ0) is 9.40. The van der Waals surface area contributed by atoms with Gasteiger partial charge in [0.25, 0.3) is 0 Å². The minimum atomic E-state index is -0.790. The van der Waals surface area contributed by atoms with Gasteiger partial charge >= 0.3 is 6.09 Å². The first-order valence-electron chi connectivity index (χ1n) is 3.76. The van der Waals surface area contributed by atoms with Crippen LogP contribution in [0.3, 0.4) is 0 Å². The van der Waals surface area contributed by atoms with Gasteiger partial charge in [0, 0.05) is 6.54 Å². The topological polar surface area (TPSA) is 88.1 Å². The average molecular weight is 171 g/mol. The molecule has 0 saturated carbocycles. The summed E-state index contributed by atoms with van der Waals surface area (Å²) in [5, 5.41) is 11.4. The van der Waals surface area contributed by atoms with Crippen LogP contribution in [0.2, 0.25) is 0 Å². The summed E-state index contributed by atoms with van der Waals surface area (Å²) >= 11 is 0. The monoisotopic (exact) mass is 171 g/mol. The molecule has 0 aromatic heterocycles. The maximum Gasteiger partial charge on any atom is 0.404 e. The summed E-state index contributed by atoms with van der Waals surface area (Å²) in [5.74, 6) is 0. The van der Waals surface area contributed by atoms with Crippen molar-refractivity contribution in [3.8, 4) is 6.07 Å². The Balaban J connectivity index is 3.31. The molecule has 1 atom stereocenters. The van der Waals surface area contributed by atoms with Gasteiger partial charge in [0.2, 0.25) is 0 Å². The van der Waals surface area contributed by atoms with E-state index >= 15 is 0 Å². The van der Waals surface area contributed by atoms with Crippen molar-refractivity contribution in [3.05, 3.63) is 0 Å². The number of ether oxygens (including phenoxy) is 1. The van der Waals surface area contributed by atoms with E-state index in [9.17, 15) is 4.79 Å². The van der Waals surface area contributed by atoms with Crippen molar-refractivity contribution in [2.45, 2.75) is 19.4 Å². The Labute approximate surface area is 71.5 Å². The van der Waals surface area contributed by atoms with E-state index in [1.807, 2.05) is 6.92 Å². The smallest absolute Gasteiger partial charge is 0.404 e. The van der Waals surface area contributed by atoms with Crippen molar-refractivity contribution in [1.82, 2.24) is 5.32 Å². The second-order valence-corrected chi connectivity index (χ2v) is 2.21. The van der Waals surface area contributed by atoms with Crippen LogP contribution in [0.5, 0.6) is 0 Å². The number of rotatable bonds is 5. The lowest BCUT2D eigenvalue weighted by Crippen LogP contribution is -2.31. The molecule has 0 bridgehead atoms. The van der Waals surface area contributed by atoms with Crippen LogP contribution in [-0.4, -0.2) is 25.3 Å². The highest BCUT2D eigenvalue weighted by Gasteiger charge is 2.01. The number of carbonyl (C=O) groups is 1. The second kappa shape index (κ2) is 6.43. The third-order valence-electron chi connectivity index (χ3n) is 1.30. The van der Waals surface area contributed by atoms with E-state index in [1.165, 1.54) is 0 Å². The summed E-state index contributed by atoms with van der Waals surface area (Å²) in [5.41, 5.74) is 4.72. The molecule has 1 unspecified atom stereocenters. The molecule has 0 aromatic rings. The molecule has 5 heteroatoms. The number of nitrogens with one attached hydrogen (secondary N) is 1. The Morgan fingerprint density at radius 1 is 1.83 bits per heavy atom. The molecule has 0 aliphatic carbocycles. The third-order valence-corrected chi connectivity index (χ3v) is 1.30. The van der Waals surface area contributed by atoms with Crippen molar-refractivity contribution >= 4 is 6.09 Å². The summed E-state index contributed by atoms with van der Waals surface area (Å²) in [6.07, 6.45) is -0.0608. The Morgan fingerprint density at radius 2 is 2.50 bits per heavy atom. The molecule has 1 amide bonds. The molecular formula is C7H13N3O2. The van der Waals surface area contributed by atoms with Crippen LogP contribution in [0, 0.1) is 11.3 Å². The first-order chi connectivity index (χ1) is 5.70. The summed E-state index contributed by atoms with van der Waals surface area (Å²) in [4.78, 5) is 10.1. The van der Waals surface area contributed by atoms with E-state index in [0.717, 1.165) is 6.42 Å². The van der Waals surface area contributed by atoms with E-state index in [-0.39, 0.29) is 12.6 Å². The molecule has 0 heterocycles. The fraction of sp³-hybridized carbons (Fsp3) is 0.714. The molecule has 3 N–H and O–H groups in total. The zero-order valence-corrected chi connectivity index (χ0v) is 7.04. The van der Waals surface area contributed by atoms with Crippen LogP contribution in [0.1, 0.15) is 13.3 Å². The summed E-state index contributed by atoms with van der Waals surface area (Å²) < 4.78 is 4.45.